The van der Waals surface area contributed by atoms with Crippen molar-refractivity contribution >= 4 is 22.5 Å². The van der Waals surface area contributed by atoms with E-state index in [1.165, 1.54) is 7.11 Å². The van der Waals surface area contributed by atoms with Gasteiger partial charge in [-0.25, -0.2) is 4.79 Å². The van der Waals surface area contributed by atoms with Crippen LogP contribution in [0.1, 0.15) is 27.9 Å². The molecule has 1 atom stereocenters. The van der Waals surface area contributed by atoms with Crippen LogP contribution < -0.4 is 9.47 Å². The van der Waals surface area contributed by atoms with E-state index in [1.54, 1.807) is 24.3 Å². The zero-order valence-corrected chi connectivity index (χ0v) is 20.1. The smallest absolute Gasteiger partial charge is 0.333 e. The fourth-order valence-electron chi connectivity index (χ4n) is 3.85. The lowest BCUT2D eigenvalue weighted by Crippen LogP contribution is -2.24. The van der Waals surface area contributed by atoms with Gasteiger partial charge in [-0.1, -0.05) is 48.5 Å². The van der Waals surface area contributed by atoms with Crippen LogP contribution in [0.15, 0.2) is 91.0 Å². The highest BCUT2D eigenvalue weighted by molar-refractivity contribution is 6.10. The molecule has 0 spiro atoms. The molecule has 6 nitrogen and oxygen atoms in total. The number of rotatable bonds is 12. The van der Waals surface area contributed by atoms with Gasteiger partial charge in [0, 0.05) is 31.1 Å². The number of carboxylic acids is 1. The Morgan fingerprint density at radius 2 is 1.33 bits per heavy atom. The van der Waals surface area contributed by atoms with Crippen molar-refractivity contribution in [2.45, 2.75) is 18.9 Å². The Morgan fingerprint density at radius 3 is 1.94 bits per heavy atom. The summed E-state index contributed by atoms with van der Waals surface area (Å²) in [5.41, 5.74) is 2.14. The highest BCUT2D eigenvalue weighted by Crippen LogP contribution is 2.20. The molecule has 0 bridgehead atoms. The van der Waals surface area contributed by atoms with Crippen LogP contribution in [0, 0.1) is 0 Å². The summed E-state index contributed by atoms with van der Waals surface area (Å²) in [6.07, 6.45) is 0.122. The van der Waals surface area contributed by atoms with Crippen molar-refractivity contribution in [3.05, 3.63) is 108 Å². The summed E-state index contributed by atoms with van der Waals surface area (Å²) in [4.78, 5) is 23.9. The average Bonchev–Trinajstić information content (AvgIpc) is 2.91. The van der Waals surface area contributed by atoms with E-state index in [0.717, 1.165) is 16.3 Å². The van der Waals surface area contributed by atoms with Crippen LogP contribution in [0.4, 0.5) is 0 Å². The first-order chi connectivity index (χ1) is 17.5. The van der Waals surface area contributed by atoms with E-state index in [9.17, 15) is 9.59 Å². The van der Waals surface area contributed by atoms with Crippen LogP contribution >= 0.6 is 0 Å². The number of fused-ring (bicyclic) bond motifs is 1. The minimum Gasteiger partial charge on any atom is -0.493 e. The molecule has 1 unspecified atom stereocenters. The third kappa shape index (κ3) is 6.49. The Bertz CT molecular complexity index is 1310. The van der Waals surface area contributed by atoms with Crippen LogP contribution in [-0.2, 0) is 16.0 Å². The van der Waals surface area contributed by atoms with E-state index in [4.69, 9.17) is 19.3 Å². The van der Waals surface area contributed by atoms with Crippen molar-refractivity contribution in [2.24, 2.45) is 0 Å². The van der Waals surface area contributed by atoms with Gasteiger partial charge < -0.3 is 19.3 Å². The van der Waals surface area contributed by atoms with Crippen molar-refractivity contribution in [3.63, 3.8) is 0 Å². The number of ether oxygens (including phenoxy) is 3. The first-order valence-corrected chi connectivity index (χ1v) is 11.8. The maximum Gasteiger partial charge on any atom is 0.333 e. The molecule has 0 aromatic heterocycles. The Hall–Kier alpha value is -4.16. The van der Waals surface area contributed by atoms with Crippen molar-refractivity contribution in [3.8, 4) is 11.5 Å². The van der Waals surface area contributed by atoms with Crippen LogP contribution in [0.25, 0.3) is 10.8 Å². The molecule has 36 heavy (non-hydrogen) atoms. The van der Waals surface area contributed by atoms with E-state index in [0.29, 0.717) is 48.7 Å². The van der Waals surface area contributed by atoms with Gasteiger partial charge in [-0.2, -0.15) is 0 Å². The van der Waals surface area contributed by atoms with Crippen molar-refractivity contribution < 1.29 is 28.9 Å². The molecule has 0 amide bonds. The molecule has 0 saturated heterocycles. The molecule has 184 valence electrons. The number of hydrogen-bond donors (Lipinski definition) is 1. The number of aliphatic carboxylic acids is 1. The number of carbonyl (C=O) groups excluding carboxylic acids is 1. The quantitative estimate of drug-likeness (QED) is 0.209. The maximum absolute atomic E-state index is 12.9. The minimum absolute atomic E-state index is 0.0209. The SMILES string of the molecule is COC(Cc1ccc(OCCCOc2ccc(C(=O)c3ccc4ccccc4c3)cc2)cc1)C(=O)O. The third-order valence-electron chi connectivity index (χ3n) is 5.86. The lowest BCUT2D eigenvalue weighted by Gasteiger charge is -2.11. The normalized spacial score (nSPS) is 11.7. The highest BCUT2D eigenvalue weighted by atomic mass is 16.5. The molecular weight excluding hydrogens is 456 g/mol. The van der Waals surface area contributed by atoms with Gasteiger partial charge in [0.15, 0.2) is 11.9 Å². The number of ketones is 1. The van der Waals surface area contributed by atoms with Crippen molar-refractivity contribution in [1.82, 2.24) is 0 Å². The fraction of sp³-hybridized carbons (Fsp3) is 0.200. The predicted molar refractivity (Wildman–Crippen MR) is 138 cm³/mol. The largest absolute Gasteiger partial charge is 0.493 e. The van der Waals surface area contributed by atoms with Gasteiger partial charge >= 0.3 is 5.97 Å². The summed E-state index contributed by atoms with van der Waals surface area (Å²) in [5, 5.41) is 11.2. The van der Waals surface area contributed by atoms with Gasteiger partial charge in [0.2, 0.25) is 0 Å². The molecule has 1 N–H and O–H groups in total. The molecule has 0 fully saturated rings. The topological polar surface area (TPSA) is 82.1 Å². The number of hydrogen-bond acceptors (Lipinski definition) is 5. The second-order valence-corrected chi connectivity index (χ2v) is 8.38. The zero-order chi connectivity index (χ0) is 25.3. The molecule has 4 aromatic rings. The van der Waals surface area contributed by atoms with E-state index in [1.807, 2.05) is 66.7 Å². The molecule has 4 aromatic carbocycles. The fourth-order valence-corrected chi connectivity index (χ4v) is 3.85. The Kier molecular flexibility index (Phi) is 8.32. The van der Waals surface area contributed by atoms with Gasteiger partial charge in [0.25, 0.3) is 0 Å². The predicted octanol–water partition coefficient (Wildman–Crippen LogP) is 5.56. The van der Waals surface area contributed by atoms with E-state index in [2.05, 4.69) is 0 Å². The third-order valence-corrected chi connectivity index (χ3v) is 5.86. The Balaban J connectivity index is 1.21. The summed E-state index contributed by atoms with van der Waals surface area (Å²) < 4.78 is 16.5. The molecule has 0 aliphatic heterocycles. The van der Waals surface area contributed by atoms with Gasteiger partial charge in [-0.05, 0) is 58.8 Å². The standard InChI is InChI=1S/C30H28O6/c1-34-28(30(32)33)19-21-7-13-26(14-8-21)35-17-4-18-36-27-15-11-23(12-16-27)29(31)25-10-9-22-5-2-3-6-24(22)20-25/h2-3,5-16,20,28H,4,17-19H2,1H3,(H,32,33). The molecule has 0 saturated carbocycles. The van der Waals surface area contributed by atoms with Gasteiger partial charge in [0.05, 0.1) is 13.2 Å². The van der Waals surface area contributed by atoms with Crippen LogP contribution in [-0.4, -0.2) is 43.3 Å². The van der Waals surface area contributed by atoms with Crippen LogP contribution in [0.2, 0.25) is 0 Å². The van der Waals surface area contributed by atoms with Crippen LogP contribution in [0.3, 0.4) is 0 Å². The summed E-state index contributed by atoms with van der Waals surface area (Å²) >= 11 is 0. The lowest BCUT2D eigenvalue weighted by molar-refractivity contribution is -0.148. The van der Waals surface area contributed by atoms with Crippen LogP contribution in [0.5, 0.6) is 11.5 Å². The molecule has 6 heteroatoms. The number of methoxy groups -OCH3 is 1. The zero-order valence-electron chi connectivity index (χ0n) is 20.1. The molecule has 0 heterocycles. The summed E-state index contributed by atoms with van der Waals surface area (Å²) in [6, 6.07) is 28.2. The molecule has 0 aliphatic carbocycles. The average molecular weight is 485 g/mol. The summed E-state index contributed by atoms with van der Waals surface area (Å²) in [5.74, 6) is 0.400. The molecular formula is C30H28O6. The number of benzene rings is 4. The minimum atomic E-state index is -0.982. The molecule has 4 rings (SSSR count). The highest BCUT2D eigenvalue weighted by Gasteiger charge is 2.16. The van der Waals surface area contributed by atoms with E-state index < -0.39 is 12.1 Å². The van der Waals surface area contributed by atoms with E-state index in [-0.39, 0.29) is 5.78 Å². The van der Waals surface area contributed by atoms with Crippen molar-refractivity contribution in [2.75, 3.05) is 20.3 Å². The number of carbonyl (C=O) groups is 2. The summed E-state index contributed by atoms with van der Waals surface area (Å²) in [7, 11) is 1.39. The van der Waals surface area contributed by atoms with E-state index >= 15 is 0 Å². The second-order valence-electron chi connectivity index (χ2n) is 8.38. The molecule has 0 aliphatic rings. The molecule has 0 radical (unpaired) electrons. The number of carboxylic acid groups (broad SMARTS) is 1. The Morgan fingerprint density at radius 1 is 0.750 bits per heavy atom. The maximum atomic E-state index is 12.9. The van der Waals surface area contributed by atoms with Gasteiger partial charge in [0.1, 0.15) is 11.5 Å². The lowest BCUT2D eigenvalue weighted by atomic mass is 10.00. The van der Waals surface area contributed by atoms with Gasteiger partial charge in [-0.3, -0.25) is 4.79 Å². The Labute approximate surface area is 210 Å². The first kappa shape index (κ1) is 24.9. The second kappa shape index (κ2) is 12.0. The summed E-state index contributed by atoms with van der Waals surface area (Å²) in [6.45, 7) is 0.956. The monoisotopic (exact) mass is 484 g/mol. The van der Waals surface area contributed by atoms with Gasteiger partial charge in [-0.15, -0.1) is 0 Å². The van der Waals surface area contributed by atoms with Crippen molar-refractivity contribution in [1.29, 1.82) is 0 Å². The first-order valence-electron chi connectivity index (χ1n) is 11.8.